The smallest absolute Gasteiger partial charge is 0.330 e. The minimum Gasteiger partial charge on any atom is -0.463 e. The molecule has 0 aliphatic carbocycles. The van der Waals surface area contributed by atoms with Crippen molar-refractivity contribution in [3.05, 3.63) is 46.0 Å². The topological polar surface area (TPSA) is 52.6 Å². The molecule has 1 rings (SSSR count). The molecule has 0 aromatic heterocycles. The molecule has 1 aromatic rings. The van der Waals surface area contributed by atoms with Crippen LogP contribution in [-0.2, 0) is 19.1 Å². The van der Waals surface area contributed by atoms with Gasteiger partial charge in [-0.15, -0.1) is 0 Å². The van der Waals surface area contributed by atoms with Crippen LogP contribution in [0.5, 0.6) is 0 Å². The summed E-state index contributed by atoms with van der Waals surface area (Å²) in [6.45, 7) is 10.2. The molecule has 0 aliphatic rings. The zero-order valence-electron chi connectivity index (χ0n) is 14.4. The van der Waals surface area contributed by atoms with Crippen LogP contribution in [0.2, 0.25) is 0 Å². The third-order valence-electron chi connectivity index (χ3n) is 3.44. The molecular formula is C19H24O4. The van der Waals surface area contributed by atoms with Gasteiger partial charge in [0.1, 0.15) is 0 Å². The Kier molecular flexibility index (Phi) is 7.26. The lowest BCUT2D eigenvalue weighted by Crippen LogP contribution is -2.01. The molecule has 4 nitrogen and oxygen atoms in total. The lowest BCUT2D eigenvalue weighted by atomic mass is 9.93. The standard InChI is InChI=1S/C19H24O4/c1-6-22-18(20)10-8-16-13(3)12-14(4)17(15(16)5)9-11-19(21)23-7-2/h8-12H,6-7H2,1-5H3/b10-8+,11-9+. The number of aryl methyl sites for hydroxylation is 2. The molecule has 23 heavy (non-hydrogen) atoms. The summed E-state index contributed by atoms with van der Waals surface area (Å²) in [6.07, 6.45) is 6.35. The first kappa shape index (κ1) is 18.7. The summed E-state index contributed by atoms with van der Waals surface area (Å²) < 4.78 is 9.80. The molecule has 0 heterocycles. The van der Waals surface area contributed by atoms with Crippen molar-refractivity contribution in [2.45, 2.75) is 34.6 Å². The van der Waals surface area contributed by atoms with Gasteiger partial charge in [0.15, 0.2) is 0 Å². The summed E-state index contributed by atoms with van der Waals surface area (Å²) in [5.41, 5.74) is 5.03. The first-order chi connectivity index (χ1) is 10.9. The van der Waals surface area contributed by atoms with Crippen molar-refractivity contribution >= 4 is 24.1 Å². The average Bonchev–Trinajstić information content (AvgIpc) is 2.47. The van der Waals surface area contributed by atoms with E-state index in [0.717, 1.165) is 27.8 Å². The van der Waals surface area contributed by atoms with Gasteiger partial charge in [0.05, 0.1) is 13.2 Å². The van der Waals surface area contributed by atoms with Crippen LogP contribution in [0.4, 0.5) is 0 Å². The van der Waals surface area contributed by atoms with Gasteiger partial charge in [0.25, 0.3) is 0 Å². The number of carbonyl (C=O) groups excluding carboxylic acids is 2. The van der Waals surface area contributed by atoms with Crippen LogP contribution >= 0.6 is 0 Å². The van der Waals surface area contributed by atoms with E-state index < -0.39 is 0 Å². The Balaban J connectivity index is 3.17. The van der Waals surface area contributed by atoms with E-state index in [0.29, 0.717) is 13.2 Å². The summed E-state index contributed by atoms with van der Waals surface area (Å²) in [4.78, 5) is 23.0. The molecule has 0 saturated carbocycles. The van der Waals surface area contributed by atoms with Crippen LogP contribution < -0.4 is 0 Å². The Morgan fingerprint density at radius 2 is 1.26 bits per heavy atom. The highest BCUT2D eigenvalue weighted by atomic mass is 16.5. The Morgan fingerprint density at radius 3 is 1.61 bits per heavy atom. The summed E-state index contributed by atoms with van der Waals surface area (Å²) in [6, 6.07) is 2.03. The SMILES string of the molecule is CCOC(=O)/C=C/c1c(C)cc(C)c(/C=C/C(=O)OCC)c1C. The lowest BCUT2D eigenvalue weighted by molar-refractivity contribution is -0.138. The molecule has 0 fully saturated rings. The fraction of sp³-hybridized carbons (Fsp3) is 0.368. The second kappa shape index (κ2) is 8.93. The number of rotatable bonds is 6. The zero-order chi connectivity index (χ0) is 17.4. The second-order valence-electron chi connectivity index (χ2n) is 5.13. The molecule has 0 N–H and O–H groups in total. The third kappa shape index (κ3) is 5.40. The minimum absolute atomic E-state index is 0.350. The van der Waals surface area contributed by atoms with E-state index >= 15 is 0 Å². The van der Waals surface area contributed by atoms with Crippen molar-refractivity contribution in [2.24, 2.45) is 0 Å². The molecule has 0 atom stereocenters. The van der Waals surface area contributed by atoms with Crippen molar-refractivity contribution in [1.82, 2.24) is 0 Å². The van der Waals surface area contributed by atoms with E-state index in [1.165, 1.54) is 12.2 Å². The van der Waals surface area contributed by atoms with Crippen molar-refractivity contribution < 1.29 is 19.1 Å². The van der Waals surface area contributed by atoms with Crippen LogP contribution in [-0.4, -0.2) is 25.2 Å². The predicted molar refractivity (Wildman–Crippen MR) is 92.0 cm³/mol. The fourth-order valence-electron chi connectivity index (χ4n) is 2.41. The van der Waals surface area contributed by atoms with E-state index in [1.54, 1.807) is 26.0 Å². The molecule has 0 saturated heterocycles. The van der Waals surface area contributed by atoms with Gasteiger partial charge in [-0.25, -0.2) is 9.59 Å². The summed E-state index contributed by atoms with van der Waals surface area (Å²) in [5.74, 6) is -0.731. The molecule has 0 aliphatic heterocycles. The van der Waals surface area contributed by atoms with E-state index in [4.69, 9.17) is 9.47 Å². The summed E-state index contributed by atoms with van der Waals surface area (Å²) >= 11 is 0. The maximum atomic E-state index is 11.5. The molecule has 1 aromatic carbocycles. The van der Waals surface area contributed by atoms with E-state index in [9.17, 15) is 9.59 Å². The number of benzene rings is 1. The van der Waals surface area contributed by atoms with Gasteiger partial charge < -0.3 is 9.47 Å². The quantitative estimate of drug-likeness (QED) is 0.592. The number of ether oxygens (including phenoxy) is 2. The molecule has 4 heteroatoms. The highest BCUT2D eigenvalue weighted by molar-refractivity contribution is 5.89. The van der Waals surface area contributed by atoms with Gasteiger partial charge in [-0.1, -0.05) is 6.07 Å². The molecule has 0 radical (unpaired) electrons. The Morgan fingerprint density at radius 1 is 0.870 bits per heavy atom. The summed E-state index contributed by atoms with van der Waals surface area (Å²) in [7, 11) is 0. The molecule has 0 amide bonds. The predicted octanol–water partition coefficient (Wildman–Crippen LogP) is 3.76. The van der Waals surface area contributed by atoms with Crippen LogP contribution in [0.1, 0.15) is 41.7 Å². The highest BCUT2D eigenvalue weighted by Gasteiger charge is 2.08. The maximum absolute atomic E-state index is 11.5. The Bertz CT molecular complexity index is 587. The van der Waals surface area contributed by atoms with Crippen LogP contribution in [0.3, 0.4) is 0 Å². The fourth-order valence-corrected chi connectivity index (χ4v) is 2.41. The van der Waals surface area contributed by atoms with Gasteiger partial charge in [-0.05, 0) is 74.6 Å². The Labute approximate surface area is 137 Å². The second-order valence-corrected chi connectivity index (χ2v) is 5.13. The highest BCUT2D eigenvalue weighted by Crippen LogP contribution is 2.24. The first-order valence-corrected chi connectivity index (χ1v) is 7.71. The molecule has 0 unspecified atom stereocenters. The van der Waals surface area contributed by atoms with Crippen molar-refractivity contribution in [3.63, 3.8) is 0 Å². The van der Waals surface area contributed by atoms with Crippen molar-refractivity contribution in [1.29, 1.82) is 0 Å². The average molecular weight is 316 g/mol. The van der Waals surface area contributed by atoms with Gasteiger partial charge in [0, 0.05) is 12.2 Å². The van der Waals surface area contributed by atoms with Crippen LogP contribution in [0.25, 0.3) is 12.2 Å². The van der Waals surface area contributed by atoms with Gasteiger partial charge in [-0.3, -0.25) is 0 Å². The van der Waals surface area contributed by atoms with E-state index in [-0.39, 0.29) is 11.9 Å². The normalized spacial score (nSPS) is 11.2. The van der Waals surface area contributed by atoms with Gasteiger partial charge >= 0.3 is 11.9 Å². The largest absolute Gasteiger partial charge is 0.463 e. The van der Waals surface area contributed by atoms with Crippen LogP contribution in [0.15, 0.2) is 18.2 Å². The number of esters is 2. The van der Waals surface area contributed by atoms with Gasteiger partial charge in [0.2, 0.25) is 0 Å². The molecule has 0 bridgehead atoms. The molecule has 0 spiro atoms. The van der Waals surface area contributed by atoms with E-state index in [1.807, 2.05) is 26.8 Å². The molecule has 124 valence electrons. The monoisotopic (exact) mass is 316 g/mol. The van der Waals surface area contributed by atoms with Gasteiger partial charge in [-0.2, -0.15) is 0 Å². The minimum atomic E-state index is -0.365. The lowest BCUT2D eigenvalue weighted by Gasteiger charge is -2.12. The first-order valence-electron chi connectivity index (χ1n) is 7.71. The number of hydrogen-bond acceptors (Lipinski definition) is 4. The van der Waals surface area contributed by atoms with Crippen LogP contribution in [0, 0.1) is 20.8 Å². The Hall–Kier alpha value is -2.36. The van der Waals surface area contributed by atoms with Crippen molar-refractivity contribution in [3.8, 4) is 0 Å². The zero-order valence-corrected chi connectivity index (χ0v) is 14.4. The maximum Gasteiger partial charge on any atom is 0.330 e. The van der Waals surface area contributed by atoms with Crippen molar-refractivity contribution in [2.75, 3.05) is 13.2 Å². The van der Waals surface area contributed by atoms with E-state index in [2.05, 4.69) is 0 Å². The summed E-state index contributed by atoms with van der Waals surface area (Å²) in [5, 5.41) is 0. The number of hydrogen-bond donors (Lipinski definition) is 0. The number of carbonyl (C=O) groups is 2. The molecular weight excluding hydrogens is 292 g/mol. The third-order valence-corrected chi connectivity index (χ3v) is 3.44.